The second-order valence-electron chi connectivity index (χ2n) is 21.0. The van der Waals surface area contributed by atoms with E-state index in [1.807, 2.05) is 6.08 Å². The van der Waals surface area contributed by atoms with E-state index >= 15 is 0 Å². The van der Waals surface area contributed by atoms with Crippen molar-refractivity contribution in [2.45, 2.75) is 341 Å². The Morgan fingerprint density at radius 1 is 0.406 bits per heavy atom. The normalized spacial score (nSPS) is 12.8. The summed E-state index contributed by atoms with van der Waals surface area (Å²) in [5.41, 5.74) is 0. The van der Waals surface area contributed by atoms with E-state index in [4.69, 9.17) is 4.74 Å². The number of carbonyl (C=O) groups is 2. The highest BCUT2D eigenvalue weighted by Gasteiger charge is 2.18. The molecule has 2 unspecified atom stereocenters. The largest absolute Gasteiger partial charge is 0.466 e. The zero-order valence-electron chi connectivity index (χ0n) is 46.3. The van der Waals surface area contributed by atoms with Crippen LogP contribution in [0, 0.1) is 0 Å². The first kappa shape index (κ1) is 67.1. The Hall–Kier alpha value is -1.92. The highest BCUT2D eigenvalue weighted by atomic mass is 16.5. The van der Waals surface area contributed by atoms with Crippen molar-refractivity contribution in [3.05, 3.63) is 36.5 Å². The average Bonchev–Trinajstić information content (AvgIpc) is 3.35. The van der Waals surface area contributed by atoms with Crippen molar-refractivity contribution in [3.8, 4) is 0 Å². The molecule has 0 radical (unpaired) electrons. The van der Waals surface area contributed by atoms with Crippen LogP contribution in [0.2, 0.25) is 0 Å². The number of aliphatic hydroxyl groups excluding tert-OH is 2. The van der Waals surface area contributed by atoms with Gasteiger partial charge in [-0.25, -0.2) is 0 Å². The van der Waals surface area contributed by atoms with Gasteiger partial charge in [-0.15, -0.1) is 0 Å². The average molecular weight is 971 g/mol. The Morgan fingerprint density at radius 2 is 0.725 bits per heavy atom. The monoisotopic (exact) mass is 970 g/mol. The van der Waals surface area contributed by atoms with Crippen molar-refractivity contribution >= 4 is 11.9 Å². The molecule has 0 saturated heterocycles. The highest BCUT2D eigenvalue weighted by Crippen LogP contribution is 2.17. The Labute approximate surface area is 430 Å². The van der Waals surface area contributed by atoms with Gasteiger partial charge in [-0.3, -0.25) is 9.59 Å². The Balaban J connectivity index is 3.35. The second kappa shape index (κ2) is 58.6. The summed E-state index contributed by atoms with van der Waals surface area (Å²) in [4.78, 5) is 24.5. The van der Waals surface area contributed by atoms with Gasteiger partial charge in [0.15, 0.2) is 0 Å². The minimum absolute atomic E-state index is 0.00317. The fraction of sp³-hybridized carbons (Fsp3) is 0.873. The molecule has 0 aliphatic rings. The van der Waals surface area contributed by atoms with E-state index in [2.05, 4.69) is 43.5 Å². The third-order valence-electron chi connectivity index (χ3n) is 14.2. The number of carbonyl (C=O) groups excluding carboxylic acids is 2. The fourth-order valence-corrected chi connectivity index (χ4v) is 9.43. The molecule has 0 aromatic rings. The maximum Gasteiger partial charge on any atom is 0.305 e. The number of esters is 1. The van der Waals surface area contributed by atoms with Crippen molar-refractivity contribution in [2.75, 3.05) is 13.2 Å². The molecule has 0 rings (SSSR count). The van der Waals surface area contributed by atoms with Gasteiger partial charge in [0.1, 0.15) is 0 Å². The van der Waals surface area contributed by atoms with Crippen LogP contribution in [0.5, 0.6) is 0 Å². The van der Waals surface area contributed by atoms with Crippen molar-refractivity contribution < 1.29 is 24.5 Å². The number of hydrogen-bond acceptors (Lipinski definition) is 5. The van der Waals surface area contributed by atoms with E-state index in [1.54, 1.807) is 6.08 Å². The molecule has 0 aromatic heterocycles. The first-order chi connectivity index (χ1) is 34.0. The van der Waals surface area contributed by atoms with Crippen LogP contribution in [0.15, 0.2) is 36.5 Å². The van der Waals surface area contributed by atoms with Gasteiger partial charge in [-0.2, -0.15) is 0 Å². The molecule has 0 spiro atoms. The van der Waals surface area contributed by atoms with Crippen LogP contribution in [-0.2, 0) is 14.3 Å². The van der Waals surface area contributed by atoms with Gasteiger partial charge in [0.25, 0.3) is 0 Å². The van der Waals surface area contributed by atoms with Crippen molar-refractivity contribution in [1.29, 1.82) is 0 Å². The highest BCUT2D eigenvalue weighted by molar-refractivity contribution is 5.76. The number of aliphatic hydroxyl groups is 2. The summed E-state index contributed by atoms with van der Waals surface area (Å²) < 4.78 is 5.48. The molecule has 406 valence electrons. The molecule has 6 nitrogen and oxygen atoms in total. The lowest BCUT2D eigenvalue weighted by molar-refractivity contribution is -0.143. The summed E-state index contributed by atoms with van der Waals surface area (Å²) in [6, 6.07) is -0.624. The minimum atomic E-state index is -0.841. The van der Waals surface area contributed by atoms with Crippen LogP contribution >= 0.6 is 0 Å². The van der Waals surface area contributed by atoms with E-state index in [9.17, 15) is 19.8 Å². The SMILES string of the molecule is CCCCCC/C=C\C/C=C\CCCCCCCC(=O)OCCCCCCCCCCCCCCCCCCCCCCCCCCCCC(=O)NC(CO)C(O)/C=C/CCCCCCCCCC. The Morgan fingerprint density at radius 3 is 1.12 bits per heavy atom. The quantitative estimate of drug-likeness (QED) is 0.0321. The Kier molecular flexibility index (Phi) is 57.0. The maximum absolute atomic E-state index is 12.4. The van der Waals surface area contributed by atoms with E-state index in [-0.39, 0.29) is 18.5 Å². The molecule has 0 aromatic carbocycles. The molecule has 2 atom stereocenters. The molecule has 0 aliphatic heterocycles. The molecule has 0 aliphatic carbocycles. The van der Waals surface area contributed by atoms with Crippen LogP contribution in [0.4, 0.5) is 0 Å². The van der Waals surface area contributed by atoms with Crippen molar-refractivity contribution in [3.63, 3.8) is 0 Å². The van der Waals surface area contributed by atoms with E-state index in [0.29, 0.717) is 19.4 Å². The van der Waals surface area contributed by atoms with Gasteiger partial charge in [-0.1, -0.05) is 288 Å². The van der Waals surface area contributed by atoms with Gasteiger partial charge < -0.3 is 20.3 Å². The van der Waals surface area contributed by atoms with Crippen LogP contribution in [0.1, 0.15) is 328 Å². The van der Waals surface area contributed by atoms with Gasteiger partial charge in [-0.05, 0) is 64.2 Å². The minimum Gasteiger partial charge on any atom is -0.466 e. The van der Waals surface area contributed by atoms with E-state index < -0.39 is 12.1 Å². The van der Waals surface area contributed by atoms with Crippen LogP contribution in [0.3, 0.4) is 0 Å². The van der Waals surface area contributed by atoms with Crippen LogP contribution in [-0.4, -0.2) is 47.4 Å². The molecule has 0 bridgehead atoms. The van der Waals surface area contributed by atoms with E-state index in [0.717, 1.165) is 51.4 Å². The Bertz CT molecular complexity index is 1120. The smallest absolute Gasteiger partial charge is 0.305 e. The van der Waals surface area contributed by atoms with Crippen molar-refractivity contribution in [1.82, 2.24) is 5.32 Å². The summed E-state index contributed by atoms with van der Waals surface area (Å²) in [5, 5.41) is 23.0. The predicted molar refractivity (Wildman–Crippen MR) is 301 cm³/mol. The molecule has 0 fully saturated rings. The van der Waals surface area contributed by atoms with Gasteiger partial charge in [0, 0.05) is 12.8 Å². The third-order valence-corrected chi connectivity index (χ3v) is 14.2. The number of amides is 1. The van der Waals surface area contributed by atoms with Gasteiger partial charge >= 0.3 is 5.97 Å². The van der Waals surface area contributed by atoms with Crippen molar-refractivity contribution in [2.24, 2.45) is 0 Å². The molecule has 0 saturated carbocycles. The number of allylic oxidation sites excluding steroid dienone is 5. The first-order valence-corrected chi connectivity index (χ1v) is 30.8. The molecular formula is C63H119NO5. The van der Waals surface area contributed by atoms with E-state index in [1.165, 1.54) is 250 Å². The topological polar surface area (TPSA) is 95.9 Å². The molecule has 69 heavy (non-hydrogen) atoms. The summed E-state index contributed by atoms with van der Waals surface area (Å²) in [6.45, 7) is 4.87. The number of hydrogen-bond donors (Lipinski definition) is 3. The standard InChI is InChI=1S/C63H119NO5/c1-3-5-7-9-11-13-15-16-17-31-34-37-41-45-49-53-57-63(68)69-58-54-50-46-42-38-35-32-29-27-25-23-21-19-18-20-22-24-26-28-30-33-36-40-44-48-52-56-62(67)64-60(59-65)61(66)55-51-47-43-39-14-12-10-8-6-4-2/h13,15,17,31,51,55,60-61,65-66H,3-12,14,16,18-30,32-50,52-54,56-59H2,1-2H3,(H,64,67)/b15-13-,31-17-,55-51+. The molecule has 6 heteroatoms. The number of nitrogens with one attached hydrogen (secondary N) is 1. The lowest BCUT2D eigenvalue weighted by Gasteiger charge is -2.20. The number of unbranched alkanes of at least 4 members (excludes halogenated alkanes) is 42. The molecule has 1 amide bonds. The lowest BCUT2D eigenvalue weighted by Crippen LogP contribution is -2.45. The zero-order chi connectivity index (χ0) is 50.0. The van der Waals surface area contributed by atoms with Gasteiger partial charge in [0.2, 0.25) is 5.91 Å². The summed E-state index contributed by atoms with van der Waals surface area (Å²) in [5.74, 6) is -0.0641. The third kappa shape index (κ3) is 55.2. The zero-order valence-corrected chi connectivity index (χ0v) is 46.3. The van der Waals surface area contributed by atoms with Gasteiger partial charge in [0.05, 0.1) is 25.4 Å². The van der Waals surface area contributed by atoms with Crippen LogP contribution < -0.4 is 5.32 Å². The summed E-state index contributed by atoms with van der Waals surface area (Å²) in [7, 11) is 0. The lowest BCUT2D eigenvalue weighted by atomic mass is 10.0. The maximum atomic E-state index is 12.4. The predicted octanol–water partition coefficient (Wildman–Crippen LogP) is 19.2. The number of rotatable bonds is 57. The molecular weight excluding hydrogens is 851 g/mol. The molecule has 3 N–H and O–H groups in total. The van der Waals surface area contributed by atoms with Crippen LogP contribution in [0.25, 0.3) is 0 Å². The first-order valence-electron chi connectivity index (χ1n) is 30.8. The fourth-order valence-electron chi connectivity index (χ4n) is 9.43. The molecule has 0 heterocycles. The second-order valence-corrected chi connectivity index (χ2v) is 21.0. The summed E-state index contributed by atoms with van der Waals surface area (Å²) in [6.07, 6.45) is 73.4. The number of ether oxygens (including phenoxy) is 1. The summed E-state index contributed by atoms with van der Waals surface area (Å²) >= 11 is 0.